The van der Waals surface area contributed by atoms with Crippen LogP contribution in [0.2, 0.25) is 15.1 Å². The second-order valence-corrected chi connectivity index (χ2v) is 19.2. The van der Waals surface area contributed by atoms with E-state index in [0.29, 0.717) is 49.3 Å². The first-order valence-electron chi connectivity index (χ1n) is 19.2. The molecule has 6 rings (SSSR count). The number of halogens is 3. The average Bonchev–Trinajstić information content (AvgIpc) is 3.39. The summed E-state index contributed by atoms with van der Waals surface area (Å²) in [6.45, 7) is 16.2. The van der Waals surface area contributed by atoms with E-state index in [4.69, 9.17) is 44.5 Å². The summed E-state index contributed by atoms with van der Waals surface area (Å²) in [5.74, 6) is 0.554. The van der Waals surface area contributed by atoms with Gasteiger partial charge in [0, 0.05) is 74.0 Å². The molecule has 2 atom stereocenters. The Morgan fingerprint density at radius 3 is 1.91 bits per heavy atom. The van der Waals surface area contributed by atoms with E-state index in [0.717, 1.165) is 24.2 Å². The Kier molecular flexibility index (Phi) is 12.6. The number of hydrogen-bond acceptors (Lipinski definition) is 8. The van der Waals surface area contributed by atoms with Gasteiger partial charge < -0.3 is 19.4 Å². The smallest absolute Gasteiger partial charge is 0.326 e. The van der Waals surface area contributed by atoms with Crippen LogP contribution in [0.3, 0.4) is 0 Å². The number of nitrogens with one attached hydrogen (secondary N) is 1. The lowest BCUT2D eigenvalue weighted by Gasteiger charge is -2.47. The fourth-order valence-corrected chi connectivity index (χ4v) is 10.0. The molecule has 57 heavy (non-hydrogen) atoms. The summed E-state index contributed by atoms with van der Waals surface area (Å²) in [5, 5.41) is 1.01. The lowest BCUT2D eigenvalue weighted by atomic mass is 9.71. The lowest BCUT2D eigenvalue weighted by Crippen LogP contribution is -2.61. The molecular formula is C41H52Cl3N7O5S. The number of amides is 3. The second-order valence-electron chi connectivity index (χ2n) is 16.2. The van der Waals surface area contributed by atoms with Gasteiger partial charge in [-0.05, 0) is 90.0 Å². The normalized spacial score (nSPS) is 22.5. The molecule has 0 aromatic heterocycles. The van der Waals surface area contributed by atoms with Crippen LogP contribution in [0, 0.1) is 0 Å². The van der Waals surface area contributed by atoms with E-state index in [9.17, 15) is 13.2 Å². The van der Waals surface area contributed by atoms with Gasteiger partial charge in [-0.25, -0.2) is 17.9 Å². The maximum Gasteiger partial charge on any atom is 0.326 e. The lowest BCUT2D eigenvalue weighted by molar-refractivity contribution is -0.134. The topological polar surface area (TPSA) is 118 Å². The van der Waals surface area contributed by atoms with Crippen LogP contribution >= 0.6 is 34.8 Å². The highest BCUT2D eigenvalue weighted by Crippen LogP contribution is 2.54. The van der Waals surface area contributed by atoms with E-state index in [1.165, 1.54) is 12.1 Å². The van der Waals surface area contributed by atoms with Gasteiger partial charge in [0.05, 0.1) is 23.7 Å². The van der Waals surface area contributed by atoms with Crippen molar-refractivity contribution in [3.05, 3.63) is 92.4 Å². The maximum absolute atomic E-state index is 15.5. The number of carbonyl (C=O) groups is 2. The largest absolute Gasteiger partial charge is 0.493 e. The van der Waals surface area contributed by atoms with E-state index >= 15 is 4.79 Å². The van der Waals surface area contributed by atoms with Gasteiger partial charge in [0.15, 0.2) is 0 Å². The standard InChI is InChI=1S/C41H52Cl3N7O5S/c1-8-56-34-26-33(44)35(57(54,55)46-39(2,3)4)25-32(34)37-45-40(5,28-9-13-30(42)14-10-28)41(6,29-11-15-31(43)16-12-29)51(37)38(53)50-23-19-48(20-24-50)27-36(52)49-21-17-47(7)18-22-49/h9-16,25-26,46H,8,17-24,27H2,1-7H3. The van der Waals surface area contributed by atoms with Crippen molar-refractivity contribution in [2.24, 2.45) is 4.99 Å². The third kappa shape index (κ3) is 8.80. The molecule has 3 amide bonds. The molecule has 0 spiro atoms. The zero-order valence-corrected chi connectivity index (χ0v) is 36.7. The molecule has 0 radical (unpaired) electrons. The number of urea groups is 1. The highest BCUT2D eigenvalue weighted by atomic mass is 35.5. The molecule has 0 aliphatic carbocycles. The molecule has 0 saturated carbocycles. The van der Waals surface area contributed by atoms with E-state index < -0.39 is 26.6 Å². The Labute approximate surface area is 351 Å². The van der Waals surface area contributed by atoms with Crippen LogP contribution in [0.15, 0.2) is 70.6 Å². The van der Waals surface area contributed by atoms with Gasteiger partial charge in [-0.1, -0.05) is 59.1 Å². The highest BCUT2D eigenvalue weighted by Gasteiger charge is 2.60. The fraction of sp³-hybridized carbons (Fsp3) is 0.488. The molecule has 308 valence electrons. The number of amidine groups is 1. The van der Waals surface area contributed by atoms with E-state index in [1.54, 1.807) is 54.8 Å². The molecule has 12 nitrogen and oxygen atoms in total. The highest BCUT2D eigenvalue weighted by molar-refractivity contribution is 7.89. The van der Waals surface area contributed by atoms with Crippen molar-refractivity contribution in [3.63, 3.8) is 0 Å². The van der Waals surface area contributed by atoms with Crippen molar-refractivity contribution < 1.29 is 22.7 Å². The third-order valence-electron chi connectivity index (χ3n) is 11.1. The quantitative estimate of drug-likeness (QED) is 0.260. The summed E-state index contributed by atoms with van der Waals surface area (Å²) in [7, 11) is -2.11. The average molecular weight is 861 g/mol. The van der Waals surface area contributed by atoms with Gasteiger partial charge in [-0.15, -0.1) is 0 Å². The van der Waals surface area contributed by atoms with Crippen LogP contribution in [-0.2, 0) is 25.9 Å². The van der Waals surface area contributed by atoms with E-state index in [-0.39, 0.29) is 52.2 Å². The van der Waals surface area contributed by atoms with Gasteiger partial charge in [0.2, 0.25) is 15.9 Å². The van der Waals surface area contributed by atoms with Crippen molar-refractivity contribution >= 4 is 62.6 Å². The van der Waals surface area contributed by atoms with Gasteiger partial charge in [0.25, 0.3) is 0 Å². The van der Waals surface area contributed by atoms with Crippen LogP contribution in [0.4, 0.5) is 4.79 Å². The van der Waals surface area contributed by atoms with Crippen molar-refractivity contribution in [1.82, 2.24) is 29.2 Å². The third-order valence-corrected chi connectivity index (χ3v) is 13.8. The summed E-state index contributed by atoms with van der Waals surface area (Å²) >= 11 is 19.6. The molecule has 0 bridgehead atoms. The predicted octanol–water partition coefficient (Wildman–Crippen LogP) is 6.53. The van der Waals surface area contributed by atoms with Gasteiger partial charge >= 0.3 is 6.03 Å². The molecule has 3 aliphatic heterocycles. The molecular weight excluding hydrogens is 809 g/mol. The monoisotopic (exact) mass is 859 g/mol. The van der Waals surface area contributed by atoms with E-state index in [1.807, 2.05) is 49.9 Å². The Balaban J connectivity index is 1.48. The Morgan fingerprint density at radius 2 is 1.37 bits per heavy atom. The Bertz CT molecular complexity index is 2120. The van der Waals surface area contributed by atoms with E-state index in [2.05, 4.69) is 21.6 Å². The van der Waals surface area contributed by atoms with Gasteiger partial charge in [-0.2, -0.15) is 0 Å². The number of nitrogens with zero attached hydrogens (tertiary/aromatic N) is 6. The minimum Gasteiger partial charge on any atom is -0.493 e. The first kappa shape index (κ1) is 43.2. The minimum atomic E-state index is -4.16. The Morgan fingerprint density at radius 1 is 0.825 bits per heavy atom. The number of ether oxygens (including phenoxy) is 1. The van der Waals surface area contributed by atoms with Crippen molar-refractivity contribution in [2.45, 2.75) is 63.1 Å². The summed E-state index contributed by atoms with van der Waals surface area (Å²) in [4.78, 5) is 43.6. The number of aliphatic imine (C=N–C) groups is 1. The molecule has 3 heterocycles. The number of benzene rings is 3. The molecule has 2 saturated heterocycles. The van der Waals surface area contributed by atoms with Crippen LogP contribution < -0.4 is 9.46 Å². The number of likely N-dealkylation sites (N-methyl/N-ethyl adjacent to an activating group) is 1. The van der Waals surface area contributed by atoms with Crippen LogP contribution in [0.25, 0.3) is 0 Å². The van der Waals surface area contributed by atoms with Gasteiger partial charge in [-0.3, -0.25) is 19.6 Å². The van der Waals surface area contributed by atoms with Gasteiger partial charge in [0.1, 0.15) is 27.6 Å². The predicted molar refractivity (Wildman–Crippen MR) is 226 cm³/mol. The summed E-state index contributed by atoms with van der Waals surface area (Å²) in [5.41, 5.74) is -1.43. The molecule has 16 heteroatoms. The van der Waals surface area contributed by atoms with Crippen LogP contribution in [0.1, 0.15) is 58.2 Å². The first-order valence-corrected chi connectivity index (χ1v) is 21.8. The van der Waals surface area contributed by atoms with Crippen molar-refractivity contribution in [3.8, 4) is 5.75 Å². The molecule has 2 unspecified atom stereocenters. The summed E-state index contributed by atoms with van der Waals surface area (Å²) in [6.07, 6.45) is 0. The molecule has 3 aliphatic rings. The number of rotatable bonds is 9. The molecule has 2 fully saturated rings. The maximum atomic E-state index is 15.5. The number of hydrogen-bond donors (Lipinski definition) is 1. The zero-order chi connectivity index (χ0) is 41.5. The second kappa shape index (κ2) is 16.7. The Hall–Kier alpha value is -3.43. The molecule has 1 N–H and O–H groups in total. The van der Waals surface area contributed by atoms with Crippen molar-refractivity contribution in [2.75, 3.05) is 72.6 Å². The number of piperazine rings is 2. The number of carbonyl (C=O) groups excluding carboxylic acids is 2. The first-order chi connectivity index (χ1) is 26.8. The zero-order valence-electron chi connectivity index (χ0n) is 33.6. The van der Waals surface area contributed by atoms with Crippen molar-refractivity contribution in [1.29, 1.82) is 0 Å². The molecule has 3 aromatic rings. The SMILES string of the molecule is CCOc1cc(Cl)c(S(=O)(=O)NC(C)(C)C)cc1C1=NC(C)(c2ccc(Cl)cc2)C(C)(c2ccc(Cl)cc2)N1C(=O)N1CCN(CC(=O)N2CCN(C)CC2)CC1. The summed E-state index contributed by atoms with van der Waals surface area (Å²) < 4.78 is 36.7. The molecule has 3 aromatic carbocycles. The van der Waals surface area contributed by atoms with Crippen LogP contribution in [-0.4, -0.2) is 129 Å². The van der Waals surface area contributed by atoms with Crippen LogP contribution in [0.5, 0.6) is 5.75 Å². The summed E-state index contributed by atoms with van der Waals surface area (Å²) in [6, 6.07) is 17.2. The fourth-order valence-electron chi connectivity index (χ4n) is 7.80. The number of sulfonamides is 1. The minimum absolute atomic E-state index is 0.0430.